The van der Waals surface area contributed by atoms with Gasteiger partial charge in [0.25, 0.3) is 0 Å². The van der Waals surface area contributed by atoms with Crippen LogP contribution in [0.3, 0.4) is 0 Å². The van der Waals surface area contributed by atoms with E-state index in [2.05, 4.69) is 35.0 Å². The molecule has 3 nitrogen and oxygen atoms in total. The standard InChI is InChI=1S/C17H18BrNO2/c1-8-6-11-13(17(4-5-17)10(3)19)15-12(7-9(2)20-15)14(18)16(11)21-8/h6-7,10H,4-5,19H2,1-3H3. The minimum absolute atomic E-state index is 0.0256. The van der Waals surface area contributed by atoms with Gasteiger partial charge in [-0.1, -0.05) is 0 Å². The van der Waals surface area contributed by atoms with Crippen molar-refractivity contribution in [2.24, 2.45) is 5.73 Å². The average molecular weight is 348 g/mol. The van der Waals surface area contributed by atoms with Crippen molar-refractivity contribution in [3.63, 3.8) is 0 Å². The molecule has 4 heteroatoms. The smallest absolute Gasteiger partial charge is 0.149 e. The van der Waals surface area contributed by atoms with E-state index < -0.39 is 0 Å². The first-order valence-electron chi connectivity index (χ1n) is 7.32. The lowest BCUT2D eigenvalue weighted by molar-refractivity contribution is 0.533. The first kappa shape index (κ1) is 13.4. The van der Waals surface area contributed by atoms with Crippen molar-refractivity contribution >= 4 is 37.9 Å². The van der Waals surface area contributed by atoms with Gasteiger partial charge >= 0.3 is 0 Å². The fourth-order valence-corrected chi connectivity index (χ4v) is 4.12. The maximum atomic E-state index is 6.31. The van der Waals surface area contributed by atoms with E-state index in [9.17, 15) is 0 Å². The van der Waals surface area contributed by atoms with E-state index in [4.69, 9.17) is 14.6 Å². The Hall–Kier alpha value is -1.26. The van der Waals surface area contributed by atoms with Crippen LogP contribution in [0.15, 0.2) is 25.4 Å². The summed E-state index contributed by atoms with van der Waals surface area (Å²) in [7, 11) is 0. The summed E-state index contributed by atoms with van der Waals surface area (Å²) in [5, 5.41) is 2.22. The fourth-order valence-electron chi connectivity index (χ4n) is 3.53. The zero-order valence-corrected chi connectivity index (χ0v) is 14.0. The monoisotopic (exact) mass is 347 g/mol. The normalized spacial score (nSPS) is 18.5. The molecule has 21 heavy (non-hydrogen) atoms. The Morgan fingerprint density at radius 1 is 1.10 bits per heavy atom. The first-order chi connectivity index (χ1) is 9.94. The van der Waals surface area contributed by atoms with E-state index in [-0.39, 0.29) is 11.5 Å². The first-order valence-corrected chi connectivity index (χ1v) is 8.11. The van der Waals surface area contributed by atoms with Gasteiger partial charge in [0.15, 0.2) is 0 Å². The predicted octanol–water partition coefficient (Wildman–Crippen LogP) is 4.94. The van der Waals surface area contributed by atoms with Gasteiger partial charge in [-0.2, -0.15) is 0 Å². The quantitative estimate of drug-likeness (QED) is 0.714. The van der Waals surface area contributed by atoms with Gasteiger partial charge in [0, 0.05) is 27.8 Å². The molecule has 1 fully saturated rings. The molecule has 0 aliphatic heterocycles. The van der Waals surface area contributed by atoms with Crippen LogP contribution >= 0.6 is 15.9 Å². The number of fused-ring (bicyclic) bond motifs is 2. The third kappa shape index (κ3) is 1.69. The molecule has 0 amide bonds. The Bertz CT molecular complexity index is 810. The summed E-state index contributed by atoms with van der Waals surface area (Å²) in [5.41, 5.74) is 9.44. The van der Waals surface area contributed by atoms with E-state index in [1.807, 2.05) is 13.8 Å². The van der Waals surface area contributed by atoms with Crippen molar-refractivity contribution in [1.82, 2.24) is 0 Å². The van der Waals surface area contributed by atoms with E-state index in [1.54, 1.807) is 0 Å². The number of furan rings is 2. The molecule has 1 aromatic carbocycles. The van der Waals surface area contributed by atoms with Gasteiger partial charge in [-0.3, -0.25) is 0 Å². The molecule has 1 saturated carbocycles. The second-order valence-electron chi connectivity index (χ2n) is 6.33. The molecule has 0 radical (unpaired) electrons. The molecule has 1 atom stereocenters. The molecule has 0 saturated heterocycles. The van der Waals surface area contributed by atoms with Crippen molar-refractivity contribution in [2.45, 2.75) is 45.1 Å². The zero-order chi connectivity index (χ0) is 14.9. The highest BCUT2D eigenvalue weighted by Gasteiger charge is 2.50. The van der Waals surface area contributed by atoms with Crippen LogP contribution in [-0.4, -0.2) is 6.04 Å². The fraction of sp³-hybridized carbons (Fsp3) is 0.412. The minimum atomic E-state index is 0.0256. The topological polar surface area (TPSA) is 52.3 Å². The van der Waals surface area contributed by atoms with Gasteiger partial charge in [0.1, 0.15) is 22.7 Å². The van der Waals surface area contributed by atoms with E-state index in [0.29, 0.717) is 0 Å². The highest BCUT2D eigenvalue weighted by molar-refractivity contribution is 9.10. The van der Waals surface area contributed by atoms with Gasteiger partial charge < -0.3 is 14.6 Å². The summed E-state index contributed by atoms with van der Waals surface area (Å²) in [4.78, 5) is 0. The van der Waals surface area contributed by atoms with Crippen LogP contribution in [-0.2, 0) is 5.41 Å². The van der Waals surface area contributed by atoms with Crippen LogP contribution in [0.2, 0.25) is 0 Å². The van der Waals surface area contributed by atoms with Gasteiger partial charge in [0.2, 0.25) is 0 Å². The molecule has 0 bridgehead atoms. The van der Waals surface area contributed by atoms with Crippen molar-refractivity contribution in [1.29, 1.82) is 0 Å². The Balaban J connectivity index is 2.21. The van der Waals surface area contributed by atoms with E-state index in [0.717, 1.165) is 50.8 Å². The number of benzene rings is 1. The highest BCUT2D eigenvalue weighted by atomic mass is 79.9. The van der Waals surface area contributed by atoms with Gasteiger partial charge in [-0.25, -0.2) is 0 Å². The molecule has 110 valence electrons. The summed E-state index contributed by atoms with van der Waals surface area (Å²) >= 11 is 3.68. The Labute approximate surface area is 131 Å². The number of halogens is 1. The molecule has 1 unspecified atom stereocenters. The summed E-state index contributed by atoms with van der Waals surface area (Å²) in [6.45, 7) is 6.05. The predicted molar refractivity (Wildman–Crippen MR) is 87.7 cm³/mol. The number of aryl methyl sites for hydroxylation is 2. The van der Waals surface area contributed by atoms with E-state index in [1.165, 1.54) is 5.56 Å². The van der Waals surface area contributed by atoms with Gasteiger partial charge in [-0.05, 0) is 61.7 Å². The van der Waals surface area contributed by atoms with Crippen LogP contribution in [0.5, 0.6) is 0 Å². The number of rotatable bonds is 2. The third-order valence-corrected chi connectivity index (χ3v) is 5.59. The van der Waals surface area contributed by atoms with Crippen LogP contribution in [0, 0.1) is 13.8 Å². The lowest BCUT2D eigenvalue weighted by atomic mass is 9.86. The molecule has 3 aromatic rings. The molecule has 4 rings (SSSR count). The SMILES string of the molecule is Cc1cc2c(C3(C(C)N)CC3)c3oc(C)cc3c(Br)c2o1. The maximum Gasteiger partial charge on any atom is 0.149 e. The molecule has 2 heterocycles. The van der Waals surface area contributed by atoms with Crippen LogP contribution in [0.4, 0.5) is 0 Å². The van der Waals surface area contributed by atoms with E-state index >= 15 is 0 Å². The molecule has 0 spiro atoms. The molecule has 1 aliphatic rings. The second kappa shape index (κ2) is 4.14. The number of hydrogen-bond acceptors (Lipinski definition) is 3. The van der Waals surface area contributed by atoms with Crippen LogP contribution in [0.25, 0.3) is 21.9 Å². The number of nitrogens with two attached hydrogens (primary N) is 1. The molecule has 2 N–H and O–H groups in total. The average Bonchev–Trinajstić information content (AvgIpc) is 2.98. The van der Waals surface area contributed by atoms with Crippen molar-refractivity contribution < 1.29 is 8.83 Å². The Morgan fingerprint density at radius 2 is 1.67 bits per heavy atom. The van der Waals surface area contributed by atoms with Gasteiger partial charge in [-0.15, -0.1) is 0 Å². The molecule has 1 aliphatic carbocycles. The Kier molecular flexibility index (Phi) is 2.64. The molecular formula is C17H18BrNO2. The maximum absolute atomic E-state index is 6.31. The third-order valence-electron chi connectivity index (χ3n) is 4.80. The zero-order valence-electron chi connectivity index (χ0n) is 12.4. The lowest BCUT2D eigenvalue weighted by Gasteiger charge is -2.21. The highest BCUT2D eigenvalue weighted by Crippen LogP contribution is 2.56. The van der Waals surface area contributed by atoms with Crippen molar-refractivity contribution in [3.05, 3.63) is 33.7 Å². The largest absolute Gasteiger partial charge is 0.461 e. The summed E-state index contributed by atoms with van der Waals surface area (Å²) < 4.78 is 13.0. The minimum Gasteiger partial charge on any atom is -0.461 e. The summed E-state index contributed by atoms with van der Waals surface area (Å²) in [6, 6.07) is 4.28. The summed E-state index contributed by atoms with van der Waals surface area (Å²) in [6.07, 6.45) is 2.22. The summed E-state index contributed by atoms with van der Waals surface area (Å²) in [5.74, 6) is 1.83. The van der Waals surface area contributed by atoms with Gasteiger partial charge in [0.05, 0.1) is 4.47 Å². The molecule has 2 aromatic heterocycles. The van der Waals surface area contributed by atoms with Crippen LogP contribution in [0.1, 0.15) is 36.8 Å². The second-order valence-corrected chi connectivity index (χ2v) is 7.13. The lowest BCUT2D eigenvalue weighted by Crippen LogP contribution is -2.31. The number of hydrogen-bond donors (Lipinski definition) is 1. The van der Waals surface area contributed by atoms with Crippen molar-refractivity contribution in [3.8, 4) is 0 Å². The van der Waals surface area contributed by atoms with Crippen LogP contribution < -0.4 is 5.73 Å². The Morgan fingerprint density at radius 3 is 2.24 bits per heavy atom. The van der Waals surface area contributed by atoms with Crippen molar-refractivity contribution in [2.75, 3.05) is 0 Å². The molecular weight excluding hydrogens is 330 g/mol.